The smallest absolute Gasteiger partial charge is 0.0945 e. The second-order valence-corrected chi connectivity index (χ2v) is 6.06. The second-order valence-electron chi connectivity index (χ2n) is 6.06. The summed E-state index contributed by atoms with van der Waals surface area (Å²) < 4.78 is 2.15. The quantitative estimate of drug-likeness (QED) is 0.882. The molecular formula is C15H25N3O. The van der Waals surface area contributed by atoms with Gasteiger partial charge in [-0.2, -0.15) is 0 Å². The molecule has 4 nitrogen and oxygen atoms in total. The van der Waals surface area contributed by atoms with Crippen LogP contribution in [0, 0.1) is 5.92 Å². The Kier molecular flexibility index (Phi) is 4.18. The number of nitrogens with zero attached hydrogens (tertiary/aromatic N) is 3. The number of aromatic nitrogens is 2. The van der Waals surface area contributed by atoms with Crippen LogP contribution in [-0.4, -0.2) is 44.8 Å². The minimum absolute atomic E-state index is 0.0424. The molecule has 4 heteroatoms. The monoisotopic (exact) mass is 263 g/mol. The Labute approximate surface area is 115 Å². The van der Waals surface area contributed by atoms with E-state index < -0.39 is 0 Å². The Morgan fingerprint density at radius 1 is 1.16 bits per heavy atom. The van der Waals surface area contributed by atoms with Crippen molar-refractivity contribution < 1.29 is 5.11 Å². The van der Waals surface area contributed by atoms with Crippen molar-refractivity contribution in [2.24, 2.45) is 5.92 Å². The summed E-state index contributed by atoms with van der Waals surface area (Å²) in [6.45, 7) is 3.43. The van der Waals surface area contributed by atoms with Crippen molar-refractivity contribution >= 4 is 0 Å². The van der Waals surface area contributed by atoms with E-state index in [-0.39, 0.29) is 6.10 Å². The van der Waals surface area contributed by atoms with Gasteiger partial charge in [-0.1, -0.05) is 6.42 Å². The van der Waals surface area contributed by atoms with Gasteiger partial charge in [0.1, 0.15) is 0 Å². The molecule has 0 radical (unpaired) electrons. The molecule has 2 aliphatic rings. The molecule has 1 saturated carbocycles. The Bertz CT molecular complexity index is 379. The SMILES string of the molecule is OC1CCCC1C1CCCN1CCCn1ccnc1. The van der Waals surface area contributed by atoms with Crippen LogP contribution in [-0.2, 0) is 6.54 Å². The first kappa shape index (κ1) is 13.1. The van der Waals surface area contributed by atoms with Crippen molar-refractivity contribution in [3.8, 4) is 0 Å². The summed E-state index contributed by atoms with van der Waals surface area (Å²) in [5, 5.41) is 10.1. The molecule has 1 aromatic rings. The van der Waals surface area contributed by atoms with Gasteiger partial charge in [0, 0.05) is 37.4 Å². The van der Waals surface area contributed by atoms with Crippen LogP contribution in [0.2, 0.25) is 0 Å². The molecule has 0 spiro atoms. The van der Waals surface area contributed by atoms with Gasteiger partial charge < -0.3 is 9.67 Å². The molecule has 3 rings (SSSR count). The first-order valence-electron chi connectivity index (χ1n) is 7.72. The molecule has 0 aromatic carbocycles. The number of imidazole rings is 1. The van der Waals surface area contributed by atoms with E-state index in [2.05, 4.69) is 14.5 Å². The van der Waals surface area contributed by atoms with Crippen LogP contribution in [0.1, 0.15) is 38.5 Å². The number of rotatable bonds is 5. The van der Waals surface area contributed by atoms with Crippen molar-refractivity contribution in [2.45, 2.75) is 57.2 Å². The maximum Gasteiger partial charge on any atom is 0.0945 e. The Morgan fingerprint density at radius 2 is 2.11 bits per heavy atom. The summed E-state index contributed by atoms with van der Waals surface area (Å²) in [4.78, 5) is 6.70. The van der Waals surface area contributed by atoms with Crippen LogP contribution in [0.4, 0.5) is 0 Å². The molecule has 19 heavy (non-hydrogen) atoms. The van der Waals surface area contributed by atoms with E-state index in [1.807, 2.05) is 18.7 Å². The summed E-state index contributed by atoms with van der Waals surface area (Å²) in [7, 11) is 0. The minimum atomic E-state index is -0.0424. The molecule has 2 fully saturated rings. The van der Waals surface area contributed by atoms with E-state index in [1.54, 1.807) is 0 Å². The van der Waals surface area contributed by atoms with Crippen molar-refractivity contribution in [2.75, 3.05) is 13.1 Å². The number of aliphatic hydroxyl groups excluding tert-OH is 1. The molecule has 1 aliphatic heterocycles. The lowest BCUT2D eigenvalue weighted by Crippen LogP contribution is -2.39. The van der Waals surface area contributed by atoms with Gasteiger partial charge in [-0.15, -0.1) is 0 Å². The standard InChI is InChI=1S/C15H25N3O/c19-15-6-1-4-13(15)14-5-2-9-18(14)10-3-8-17-11-7-16-12-17/h7,11-15,19H,1-6,8-10H2. The third-order valence-corrected chi connectivity index (χ3v) is 4.86. The molecule has 3 atom stereocenters. The zero-order chi connectivity index (χ0) is 13.1. The number of hydrogen-bond acceptors (Lipinski definition) is 3. The molecule has 3 unspecified atom stereocenters. The summed E-state index contributed by atoms with van der Waals surface area (Å²) in [5.74, 6) is 0.538. The van der Waals surface area contributed by atoms with E-state index in [4.69, 9.17) is 0 Å². The summed E-state index contributed by atoms with van der Waals surface area (Å²) in [5.41, 5.74) is 0. The lowest BCUT2D eigenvalue weighted by atomic mass is 9.94. The van der Waals surface area contributed by atoms with E-state index in [1.165, 1.54) is 38.6 Å². The third kappa shape index (κ3) is 3.00. The number of hydrogen-bond donors (Lipinski definition) is 1. The van der Waals surface area contributed by atoms with Gasteiger partial charge >= 0.3 is 0 Å². The topological polar surface area (TPSA) is 41.3 Å². The highest BCUT2D eigenvalue weighted by Gasteiger charge is 2.37. The van der Waals surface area contributed by atoms with E-state index in [9.17, 15) is 5.11 Å². The zero-order valence-corrected chi connectivity index (χ0v) is 11.6. The second kappa shape index (κ2) is 6.06. The predicted octanol–water partition coefficient (Wildman–Crippen LogP) is 1.90. The van der Waals surface area contributed by atoms with Gasteiger partial charge in [0.25, 0.3) is 0 Å². The van der Waals surface area contributed by atoms with Gasteiger partial charge in [-0.25, -0.2) is 4.98 Å². The average Bonchev–Trinajstić information content (AvgIpc) is 3.10. The summed E-state index contributed by atoms with van der Waals surface area (Å²) in [6, 6.07) is 0.639. The zero-order valence-electron chi connectivity index (χ0n) is 11.6. The lowest BCUT2D eigenvalue weighted by Gasteiger charge is -2.31. The molecule has 1 N–H and O–H groups in total. The molecule has 0 amide bonds. The Morgan fingerprint density at radius 3 is 2.84 bits per heavy atom. The van der Waals surface area contributed by atoms with E-state index in [0.29, 0.717) is 12.0 Å². The Hall–Kier alpha value is -0.870. The van der Waals surface area contributed by atoms with Gasteiger partial charge in [-0.05, 0) is 38.6 Å². The fourth-order valence-corrected chi connectivity index (χ4v) is 3.91. The maximum atomic E-state index is 10.1. The van der Waals surface area contributed by atoms with Crippen LogP contribution < -0.4 is 0 Å². The highest BCUT2D eigenvalue weighted by atomic mass is 16.3. The molecule has 0 bridgehead atoms. The van der Waals surface area contributed by atoms with Crippen LogP contribution in [0.3, 0.4) is 0 Å². The molecule has 1 saturated heterocycles. The van der Waals surface area contributed by atoms with Gasteiger partial charge in [0.15, 0.2) is 0 Å². The molecule has 2 heterocycles. The first-order valence-corrected chi connectivity index (χ1v) is 7.72. The highest BCUT2D eigenvalue weighted by molar-refractivity contribution is 4.91. The molecule has 106 valence electrons. The van der Waals surface area contributed by atoms with Crippen LogP contribution in [0.25, 0.3) is 0 Å². The largest absolute Gasteiger partial charge is 0.393 e. The normalized spacial score (nSPS) is 32.2. The third-order valence-electron chi connectivity index (χ3n) is 4.86. The van der Waals surface area contributed by atoms with E-state index in [0.717, 1.165) is 19.5 Å². The van der Waals surface area contributed by atoms with Crippen molar-refractivity contribution in [3.63, 3.8) is 0 Å². The number of likely N-dealkylation sites (tertiary alicyclic amines) is 1. The minimum Gasteiger partial charge on any atom is -0.393 e. The van der Waals surface area contributed by atoms with Crippen LogP contribution in [0.5, 0.6) is 0 Å². The summed E-state index contributed by atoms with van der Waals surface area (Å²) >= 11 is 0. The van der Waals surface area contributed by atoms with Crippen molar-refractivity contribution in [3.05, 3.63) is 18.7 Å². The summed E-state index contributed by atoms with van der Waals surface area (Å²) in [6.07, 6.45) is 12.9. The number of aryl methyl sites for hydroxylation is 1. The lowest BCUT2D eigenvalue weighted by molar-refractivity contribution is 0.0738. The molecule has 1 aliphatic carbocycles. The highest BCUT2D eigenvalue weighted by Crippen LogP contribution is 2.35. The van der Waals surface area contributed by atoms with Gasteiger partial charge in [0.2, 0.25) is 0 Å². The van der Waals surface area contributed by atoms with Gasteiger partial charge in [0.05, 0.1) is 12.4 Å². The van der Waals surface area contributed by atoms with Gasteiger partial charge in [-0.3, -0.25) is 4.90 Å². The maximum absolute atomic E-state index is 10.1. The van der Waals surface area contributed by atoms with Crippen LogP contribution in [0.15, 0.2) is 18.7 Å². The van der Waals surface area contributed by atoms with Crippen molar-refractivity contribution in [1.29, 1.82) is 0 Å². The number of aliphatic hydroxyl groups is 1. The fraction of sp³-hybridized carbons (Fsp3) is 0.800. The Balaban J connectivity index is 1.49. The molecular weight excluding hydrogens is 238 g/mol. The van der Waals surface area contributed by atoms with Crippen LogP contribution >= 0.6 is 0 Å². The first-order chi connectivity index (χ1) is 9.34. The predicted molar refractivity (Wildman–Crippen MR) is 74.8 cm³/mol. The average molecular weight is 263 g/mol. The molecule has 1 aromatic heterocycles. The van der Waals surface area contributed by atoms with Crippen molar-refractivity contribution in [1.82, 2.24) is 14.5 Å². The fourth-order valence-electron chi connectivity index (χ4n) is 3.91. The van der Waals surface area contributed by atoms with E-state index >= 15 is 0 Å².